The van der Waals surface area contributed by atoms with Crippen LogP contribution in [-0.2, 0) is 4.74 Å². The van der Waals surface area contributed by atoms with Crippen molar-refractivity contribution in [2.75, 3.05) is 32.2 Å². The van der Waals surface area contributed by atoms with Crippen molar-refractivity contribution in [1.29, 1.82) is 0 Å². The van der Waals surface area contributed by atoms with E-state index >= 15 is 0 Å². The average Bonchev–Trinajstić information content (AvgIpc) is 3.06. The number of pyridine rings is 2. The quantitative estimate of drug-likeness (QED) is 0.470. The van der Waals surface area contributed by atoms with Gasteiger partial charge in [0.05, 0.1) is 18.8 Å². The van der Waals surface area contributed by atoms with E-state index in [2.05, 4.69) is 10.3 Å². The smallest absolute Gasteiger partial charge is 0.258 e. The molecule has 0 fully saturated rings. The molecular formula is C22H24N4O3. The first-order valence-corrected chi connectivity index (χ1v) is 9.62. The van der Waals surface area contributed by atoms with Gasteiger partial charge in [0.25, 0.3) is 5.56 Å². The third-order valence-electron chi connectivity index (χ3n) is 4.75. The number of methoxy groups -OCH3 is 1. The Morgan fingerprint density at radius 1 is 1.21 bits per heavy atom. The highest BCUT2D eigenvalue weighted by Crippen LogP contribution is 2.29. The van der Waals surface area contributed by atoms with E-state index in [0.717, 1.165) is 33.7 Å². The van der Waals surface area contributed by atoms with Crippen LogP contribution in [0.3, 0.4) is 0 Å². The summed E-state index contributed by atoms with van der Waals surface area (Å²) < 4.78 is 12.7. The van der Waals surface area contributed by atoms with Crippen LogP contribution in [-0.4, -0.2) is 41.2 Å². The minimum Gasteiger partial charge on any atom is -0.494 e. The summed E-state index contributed by atoms with van der Waals surface area (Å²) in [4.78, 5) is 20.6. The average molecular weight is 392 g/mol. The molecule has 0 aliphatic carbocycles. The van der Waals surface area contributed by atoms with E-state index in [4.69, 9.17) is 14.5 Å². The maximum Gasteiger partial charge on any atom is 0.258 e. The predicted molar refractivity (Wildman–Crippen MR) is 115 cm³/mol. The Morgan fingerprint density at radius 2 is 2.07 bits per heavy atom. The fraction of sp³-hybridized carbons (Fsp3) is 0.273. The van der Waals surface area contributed by atoms with E-state index in [1.165, 1.54) is 0 Å². The molecule has 0 aliphatic rings. The number of imidazole rings is 1. The van der Waals surface area contributed by atoms with Crippen molar-refractivity contribution < 1.29 is 9.47 Å². The molecule has 3 heterocycles. The number of rotatable bonds is 7. The largest absolute Gasteiger partial charge is 0.494 e. The summed E-state index contributed by atoms with van der Waals surface area (Å²) in [6.45, 7) is 5.70. The number of H-pyrrole nitrogens is 1. The second-order valence-corrected chi connectivity index (χ2v) is 6.86. The SMILES string of the molecule is CCOc1ccc2[nH]c(=O)c(-c3nc4ccc(C)cn4c3NCCOC)cc2c1. The van der Waals surface area contributed by atoms with Crippen LogP contribution in [0.15, 0.2) is 47.4 Å². The molecule has 29 heavy (non-hydrogen) atoms. The normalized spacial score (nSPS) is 11.3. The Morgan fingerprint density at radius 3 is 2.86 bits per heavy atom. The lowest BCUT2D eigenvalue weighted by Crippen LogP contribution is -2.13. The lowest BCUT2D eigenvalue weighted by molar-refractivity contribution is 0.210. The van der Waals surface area contributed by atoms with Crippen LogP contribution in [0, 0.1) is 6.92 Å². The highest BCUT2D eigenvalue weighted by atomic mass is 16.5. The topological polar surface area (TPSA) is 80.7 Å². The second-order valence-electron chi connectivity index (χ2n) is 6.86. The van der Waals surface area contributed by atoms with Crippen LogP contribution < -0.4 is 15.6 Å². The van der Waals surface area contributed by atoms with Gasteiger partial charge in [0.15, 0.2) is 0 Å². The van der Waals surface area contributed by atoms with Crippen molar-refractivity contribution in [2.24, 2.45) is 0 Å². The number of aromatic nitrogens is 3. The number of hydrogen-bond acceptors (Lipinski definition) is 5. The molecule has 1 aromatic carbocycles. The summed E-state index contributed by atoms with van der Waals surface area (Å²) in [6, 6.07) is 11.5. The van der Waals surface area contributed by atoms with E-state index in [1.54, 1.807) is 7.11 Å². The minimum atomic E-state index is -0.184. The third kappa shape index (κ3) is 3.69. The standard InChI is InChI=1S/C22H24N4O3/c1-4-29-16-6-7-18-15(11-16)12-17(22(27)24-18)20-21(23-9-10-28-3)26-13-14(2)5-8-19(26)25-20/h5-8,11-13,23H,4,9-10H2,1-3H3,(H,24,27). The van der Waals surface area contributed by atoms with Crippen LogP contribution in [0.4, 0.5) is 5.82 Å². The van der Waals surface area contributed by atoms with Gasteiger partial charge in [-0.05, 0) is 49.7 Å². The van der Waals surface area contributed by atoms with Crippen molar-refractivity contribution in [3.8, 4) is 17.0 Å². The van der Waals surface area contributed by atoms with Gasteiger partial charge in [-0.3, -0.25) is 9.20 Å². The number of anilines is 1. The van der Waals surface area contributed by atoms with Gasteiger partial charge in [-0.15, -0.1) is 0 Å². The Kier molecular flexibility index (Phi) is 5.22. The number of fused-ring (bicyclic) bond motifs is 2. The number of nitrogens with one attached hydrogen (secondary N) is 2. The van der Waals surface area contributed by atoms with Crippen molar-refractivity contribution in [1.82, 2.24) is 14.4 Å². The van der Waals surface area contributed by atoms with Crippen LogP contribution in [0.1, 0.15) is 12.5 Å². The summed E-state index contributed by atoms with van der Waals surface area (Å²) >= 11 is 0. The van der Waals surface area contributed by atoms with Gasteiger partial charge < -0.3 is 19.8 Å². The van der Waals surface area contributed by atoms with Crippen molar-refractivity contribution in [3.05, 3.63) is 58.5 Å². The number of aryl methyl sites for hydroxylation is 1. The molecule has 0 radical (unpaired) electrons. The molecule has 7 heteroatoms. The Labute approximate surface area is 168 Å². The molecule has 0 saturated heterocycles. The maximum atomic E-state index is 12.9. The molecule has 0 atom stereocenters. The first-order chi connectivity index (χ1) is 14.1. The van der Waals surface area contributed by atoms with Gasteiger partial charge >= 0.3 is 0 Å². The summed E-state index contributed by atoms with van der Waals surface area (Å²) in [5, 5.41) is 4.26. The molecule has 0 saturated carbocycles. The molecular weight excluding hydrogens is 368 g/mol. The number of hydrogen-bond donors (Lipinski definition) is 2. The van der Waals surface area contributed by atoms with Gasteiger partial charge in [0, 0.05) is 30.8 Å². The highest BCUT2D eigenvalue weighted by molar-refractivity contribution is 5.87. The van der Waals surface area contributed by atoms with Gasteiger partial charge in [-0.25, -0.2) is 4.98 Å². The van der Waals surface area contributed by atoms with Crippen molar-refractivity contribution in [2.45, 2.75) is 13.8 Å². The van der Waals surface area contributed by atoms with Gasteiger partial charge in [0.2, 0.25) is 0 Å². The predicted octanol–water partition coefficient (Wildman–Crippen LogP) is 3.61. The molecule has 3 aromatic heterocycles. The molecule has 150 valence electrons. The molecule has 2 N–H and O–H groups in total. The van der Waals surface area contributed by atoms with E-state index in [0.29, 0.717) is 31.0 Å². The molecule has 0 bridgehead atoms. The number of aromatic amines is 1. The zero-order chi connectivity index (χ0) is 20.4. The summed E-state index contributed by atoms with van der Waals surface area (Å²) in [7, 11) is 1.66. The monoisotopic (exact) mass is 392 g/mol. The second kappa shape index (κ2) is 7.97. The summed E-state index contributed by atoms with van der Waals surface area (Å²) in [5.41, 5.74) is 3.56. The first kappa shape index (κ1) is 19.0. The Bertz CT molecular complexity index is 1230. The molecule has 0 amide bonds. The van der Waals surface area contributed by atoms with Crippen LogP contribution in [0.2, 0.25) is 0 Å². The number of nitrogens with zero attached hydrogens (tertiary/aromatic N) is 2. The van der Waals surface area contributed by atoms with Crippen LogP contribution in [0.25, 0.3) is 27.8 Å². The molecule has 0 aliphatic heterocycles. The molecule has 4 aromatic rings. The Hall–Kier alpha value is -3.32. The summed E-state index contributed by atoms with van der Waals surface area (Å²) in [5.74, 6) is 1.54. The van der Waals surface area contributed by atoms with E-state index in [1.807, 2.05) is 60.8 Å². The lowest BCUT2D eigenvalue weighted by atomic mass is 10.1. The fourth-order valence-corrected chi connectivity index (χ4v) is 3.40. The minimum absolute atomic E-state index is 0.184. The van der Waals surface area contributed by atoms with Crippen LogP contribution >= 0.6 is 0 Å². The number of ether oxygens (including phenoxy) is 2. The highest BCUT2D eigenvalue weighted by Gasteiger charge is 2.17. The van der Waals surface area contributed by atoms with E-state index < -0.39 is 0 Å². The first-order valence-electron chi connectivity index (χ1n) is 9.62. The van der Waals surface area contributed by atoms with Gasteiger partial charge in [-0.1, -0.05) is 6.07 Å². The van der Waals surface area contributed by atoms with E-state index in [-0.39, 0.29) is 5.56 Å². The van der Waals surface area contributed by atoms with Crippen LogP contribution in [0.5, 0.6) is 5.75 Å². The molecule has 0 unspecified atom stereocenters. The molecule has 0 spiro atoms. The third-order valence-corrected chi connectivity index (χ3v) is 4.75. The van der Waals surface area contributed by atoms with E-state index in [9.17, 15) is 4.79 Å². The van der Waals surface area contributed by atoms with Crippen molar-refractivity contribution >= 4 is 22.4 Å². The van der Waals surface area contributed by atoms with Gasteiger partial charge in [-0.2, -0.15) is 0 Å². The zero-order valence-corrected chi connectivity index (χ0v) is 16.8. The molecule has 4 rings (SSSR count). The van der Waals surface area contributed by atoms with Gasteiger partial charge in [0.1, 0.15) is 22.9 Å². The summed E-state index contributed by atoms with van der Waals surface area (Å²) in [6.07, 6.45) is 2.00. The fourth-order valence-electron chi connectivity index (χ4n) is 3.40. The lowest BCUT2D eigenvalue weighted by Gasteiger charge is -2.09. The molecule has 7 nitrogen and oxygen atoms in total. The maximum absolute atomic E-state index is 12.9. The Balaban J connectivity index is 1.90. The van der Waals surface area contributed by atoms with Crippen molar-refractivity contribution in [3.63, 3.8) is 0 Å². The zero-order valence-electron chi connectivity index (χ0n) is 16.8. The number of benzene rings is 1.